The number of hydrogen-bond acceptors (Lipinski definition) is 7. The molecule has 1 unspecified atom stereocenters. The molecule has 0 aliphatic carbocycles. The molecule has 4 rings (SSSR count). The van der Waals surface area contributed by atoms with Crippen molar-refractivity contribution in [2.75, 3.05) is 17.7 Å². The van der Waals surface area contributed by atoms with E-state index in [0.717, 1.165) is 22.5 Å². The molecule has 0 saturated carbocycles. The number of carbonyl (C=O) groups excluding carboxylic acids is 1. The fourth-order valence-corrected chi connectivity index (χ4v) is 3.27. The van der Waals surface area contributed by atoms with Gasteiger partial charge >= 0.3 is 51.4 Å². The zero-order chi connectivity index (χ0) is 23.9. The van der Waals surface area contributed by atoms with Gasteiger partial charge in [0.2, 0.25) is 0 Å². The predicted molar refractivity (Wildman–Crippen MR) is 130 cm³/mol. The van der Waals surface area contributed by atoms with Crippen molar-refractivity contribution >= 4 is 17.4 Å². The number of methoxy groups -OCH3 is 1. The summed E-state index contributed by atoms with van der Waals surface area (Å²) in [7, 11) is 3.42. The van der Waals surface area contributed by atoms with E-state index >= 15 is 0 Å². The van der Waals surface area contributed by atoms with Crippen LogP contribution in [0.1, 0.15) is 28.9 Å². The van der Waals surface area contributed by atoms with Crippen LogP contribution < -0.4 is 72.1 Å². The van der Waals surface area contributed by atoms with Crippen LogP contribution in [0.2, 0.25) is 0 Å². The summed E-state index contributed by atoms with van der Waals surface area (Å²) in [4.78, 5) is 20.9. The smallest absolute Gasteiger partial charge is 0.560 e. The van der Waals surface area contributed by atoms with Crippen LogP contribution >= 0.6 is 0 Å². The number of rotatable bonds is 9. The third-order valence-electron chi connectivity index (χ3n) is 5.12. The summed E-state index contributed by atoms with van der Waals surface area (Å²) >= 11 is 0. The van der Waals surface area contributed by atoms with E-state index in [1.807, 2.05) is 50.5 Å². The van der Waals surface area contributed by atoms with Crippen molar-refractivity contribution in [3.8, 4) is 16.9 Å². The molecule has 1 atom stereocenters. The maximum atomic E-state index is 12.5. The number of anilines is 2. The van der Waals surface area contributed by atoms with E-state index in [9.17, 15) is 4.79 Å². The van der Waals surface area contributed by atoms with Crippen molar-refractivity contribution in [3.63, 3.8) is 0 Å². The van der Waals surface area contributed by atoms with Crippen molar-refractivity contribution in [1.82, 2.24) is 25.1 Å². The number of aryl methyl sites for hydroxylation is 1. The summed E-state index contributed by atoms with van der Waals surface area (Å²) in [5.74, 6) is 0.991. The molecule has 4 aromatic rings. The van der Waals surface area contributed by atoms with Crippen molar-refractivity contribution in [2.24, 2.45) is 7.05 Å². The number of hydrogen-bond donors (Lipinski definition) is 3. The van der Waals surface area contributed by atoms with Crippen LogP contribution in [0.5, 0.6) is 5.75 Å². The van der Waals surface area contributed by atoms with Gasteiger partial charge in [-0.15, -0.1) is 6.07 Å². The van der Waals surface area contributed by atoms with Gasteiger partial charge in [0, 0.05) is 31.2 Å². The standard InChI is InChI=1S/C25H25N7O2.K/c1-17(27-7-8-28-24-11-19(13-29-24)21-14-30-32(2)16-21)18-5-4-6-22(9-18)31-25(33)20-10-23(34-3)15-26-12-20;/h4-6,8-17,27H,1-3H3,(H,28,29)(H,31,33);/q-2;+1. The van der Waals surface area contributed by atoms with Crippen LogP contribution in [0.15, 0.2) is 73.6 Å². The second kappa shape index (κ2) is 12.7. The first-order valence-corrected chi connectivity index (χ1v) is 10.6. The van der Waals surface area contributed by atoms with E-state index in [-0.39, 0.29) is 63.3 Å². The molecule has 174 valence electrons. The summed E-state index contributed by atoms with van der Waals surface area (Å²) in [6, 6.07) is 11.2. The van der Waals surface area contributed by atoms with E-state index in [1.165, 1.54) is 13.3 Å². The Hall–Kier alpha value is -2.89. The van der Waals surface area contributed by atoms with E-state index in [0.29, 0.717) is 17.0 Å². The third kappa shape index (κ3) is 7.29. The molecule has 0 bridgehead atoms. The van der Waals surface area contributed by atoms with Gasteiger partial charge in [-0.1, -0.05) is 23.9 Å². The zero-order valence-corrected chi connectivity index (χ0v) is 23.2. The van der Waals surface area contributed by atoms with Crippen LogP contribution in [0.25, 0.3) is 11.1 Å². The molecule has 9 nitrogen and oxygen atoms in total. The molecule has 0 aliphatic rings. The molecule has 3 aromatic heterocycles. The van der Waals surface area contributed by atoms with Gasteiger partial charge in [0.25, 0.3) is 5.91 Å². The monoisotopic (exact) mass is 494 g/mol. The molecule has 35 heavy (non-hydrogen) atoms. The summed E-state index contributed by atoms with van der Waals surface area (Å²) in [6.45, 7) is 2.01. The first kappa shape index (κ1) is 26.7. The Morgan fingerprint density at radius 3 is 2.86 bits per heavy atom. The Bertz CT molecular complexity index is 1300. The second-order valence-electron chi connectivity index (χ2n) is 7.64. The minimum absolute atomic E-state index is 0. The molecule has 0 radical (unpaired) electrons. The summed E-state index contributed by atoms with van der Waals surface area (Å²) in [5, 5.41) is 13.4. The maximum Gasteiger partial charge on any atom is 1.00 e. The Kier molecular flexibility index (Phi) is 9.70. The van der Waals surface area contributed by atoms with Crippen LogP contribution in [0.3, 0.4) is 0 Å². The van der Waals surface area contributed by atoms with Gasteiger partial charge < -0.3 is 31.9 Å². The number of ether oxygens (including phenoxy) is 1. The molecule has 0 fully saturated rings. The normalized spacial score (nSPS) is 11.5. The minimum Gasteiger partial charge on any atom is -0.560 e. The molecule has 10 heteroatoms. The molecular formula is C25H25KN7O2-. The molecule has 0 aliphatic heterocycles. The molecule has 0 saturated heterocycles. The number of nitrogens with zero attached hydrogens (tertiary/aromatic N) is 4. The molecule has 3 N–H and O–H groups in total. The molecule has 1 aromatic carbocycles. The Morgan fingerprint density at radius 1 is 1.23 bits per heavy atom. The quantitative estimate of drug-likeness (QED) is 0.180. The van der Waals surface area contributed by atoms with Crippen LogP contribution in [-0.2, 0) is 7.05 Å². The average molecular weight is 495 g/mol. The van der Waals surface area contributed by atoms with Crippen molar-refractivity contribution in [2.45, 2.75) is 13.0 Å². The van der Waals surface area contributed by atoms with Gasteiger partial charge in [-0.25, -0.2) is 0 Å². The Morgan fingerprint density at radius 2 is 2.09 bits per heavy atom. The van der Waals surface area contributed by atoms with Gasteiger partial charge in [0.15, 0.2) is 0 Å². The van der Waals surface area contributed by atoms with Gasteiger partial charge in [-0.3, -0.25) is 14.5 Å². The summed E-state index contributed by atoms with van der Waals surface area (Å²) in [6.07, 6.45) is 13.3. The number of nitrogens with one attached hydrogen (secondary N) is 3. The van der Waals surface area contributed by atoms with Gasteiger partial charge in [-0.05, 0) is 36.9 Å². The Balaban J connectivity index is 0.00000342. The fraction of sp³-hybridized carbons (Fsp3) is 0.160. The topological polar surface area (TPSA) is 106 Å². The van der Waals surface area contributed by atoms with E-state index in [2.05, 4.69) is 37.2 Å². The van der Waals surface area contributed by atoms with E-state index in [1.54, 1.807) is 35.5 Å². The fourth-order valence-electron chi connectivity index (χ4n) is 3.27. The van der Waals surface area contributed by atoms with E-state index in [4.69, 9.17) is 4.74 Å². The Labute approximate surface area is 246 Å². The van der Waals surface area contributed by atoms with Crippen molar-refractivity contribution < 1.29 is 60.9 Å². The van der Waals surface area contributed by atoms with Gasteiger partial charge in [0.1, 0.15) is 5.75 Å². The molecular weight excluding hydrogens is 469 g/mol. The zero-order valence-electron chi connectivity index (χ0n) is 20.1. The second-order valence-corrected chi connectivity index (χ2v) is 7.64. The SMILES string of the molecule is COc1cncc(C(=O)Nc2cccc(C(C)N[C-]=CNc3[cH-]c(-c4cnn(C)c4)cn3)c2)c1.[K+]. The third-order valence-corrected chi connectivity index (χ3v) is 5.12. The number of carbonyl (C=O) groups is 1. The van der Waals surface area contributed by atoms with Crippen molar-refractivity contribution in [1.29, 1.82) is 0 Å². The number of benzene rings is 1. The molecule has 3 heterocycles. The van der Waals surface area contributed by atoms with Crippen LogP contribution in [-0.4, -0.2) is 32.8 Å². The largest absolute Gasteiger partial charge is 1.00 e. The van der Waals surface area contributed by atoms with Gasteiger partial charge in [-0.2, -0.15) is 16.9 Å². The first-order valence-electron chi connectivity index (χ1n) is 10.6. The number of aromatic nitrogens is 4. The molecule has 0 spiro atoms. The van der Waals surface area contributed by atoms with Gasteiger partial charge in [0.05, 0.1) is 24.7 Å². The van der Waals surface area contributed by atoms with Crippen LogP contribution in [0.4, 0.5) is 11.5 Å². The number of amides is 1. The van der Waals surface area contributed by atoms with E-state index < -0.39 is 0 Å². The number of pyridine rings is 1. The maximum absolute atomic E-state index is 12.5. The average Bonchev–Trinajstić information content (AvgIpc) is 3.51. The first-order chi connectivity index (χ1) is 16.5. The summed E-state index contributed by atoms with van der Waals surface area (Å²) < 4.78 is 6.88. The minimum atomic E-state index is -0.257. The predicted octanol–water partition coefficient (Wildman–Crippen LogP) is 0.898. The molecule has 1 amide bonds. The summed E-state index contributed by atoms with van der Waals surface area (Å²) in [5.41, 5.74) is 4.11. The van der Waals surface area contributed by atoms with Crippen LogP contribution in [0, 0.1) is 6.20 Å². The van der Waals surface area contributed by atoms with Crippen molar-refractivity contribution in [3.05, 3.63) is 90.9 Å².